The van der Waals surface area contributed by atoms with Crippen molar-refractivity contribution in [3.05, 3.63) is 123 Å². The van der Waals surface area contributed by atoms with E-state index in [4.69, 9.17) is 9.98 Å². The zero-order valence-electron chi connectivity index (χ0n) is 23.0. The fourth-order valence-corrected chi connectivity index (χ4v) is 7.63. The minimum absolute atomic E-state index is 0.120. The van der Waals surface area contributed by atoms with Gasteiger partial charge in [0.2, 0.25) is 0 Å². The summed E-state index contributed by atoms with van der Waals surface area (Å²) in [6.45, 7) is 0.720. The van der Waals surface area contributed by atoms with Gasteiger partial charge in [-0.3, -0.25) is 9.98 Å². The summed E-state index contributed by atoms with van der Waals surface area (Å²) in [4.78, 5) is 10.7. The Kier molecular flexibility index (Phi) is 5.93. The second-order valence-electron chi connectivity index (χ2n) is 11.9. The van der Waals surface area contributed by atoms with Gasteiger partial charge in [0.1, 0.15) is 11.7 Å². The number of allylic oxidation sites excluding steroid dienone is 9. The molecule has 3 atom stereocenters. The molecule has 4 heteroatoms. The molecule has 2 aliphatic heterocycles. The second kappa shape index (κ2) is 9.92. The molecule has 0 radical (unpaired) electrons. The standard InChI is InChI=1S/C36H36N4/c1-3-11-23(12-4-1)35-37-22-30-31(38-35)20-19-29-33(30)39-36(24-13-5-2-6-14-24)40-34(29)32-27-17-9-7-15-25(27)21-26-16-8-10-18-28(26)32/h1,3,5,7-9,11,13-17,21,28,32,34H,2,4,6,10,12,18-20,22H2,(H,37,38)(H,39,40). The number of fused-ring (bicyclic) bond motifs is 3. The molecule has 0 fully saturated rings. The SMILES string of the molecule is C1=CCCC(C2=NCC3=C(CCC4=C3NC(C3=CCCC=C3)=NC4C3c4ccccc4C=C4C=CCCC43)N2)=C1. The molecule has 2 N–H and O–H groups in total. The molecule has 1 aromatic rings. The van der Waals surface area contributed by atoms with Crippen LogP contribution in [-0.4, -0.2) is 24.3 Å². The number of rotatable bonds is 3. The predicted octanol–water partition coefficient (Wildman–Crippen LogP) is 7.36. The Morgan fingerprint density at radius 2 is 1.80 bits per heavy atom. The van der Waals surface area contributed by atoms with Crippen molar-refractivity contribution in [2.24, 2.45) is 15.9 Å². The van der Waals surface area contributed by atoms with Crippen LogP contribution < -0.4 is 10.6 Å². The molecule has 1 aromatic carbocycles. The highest BCUT2D eigenvalue weighted by Gasteiger charge is 2.42. The van der Waals surface area contributed by atoms with Gasteiger partial charge in [0.15, 0.2) is 0 Å². The van der Waals surface area contributed by atoms with Gasteiger partial charge in [0.05, 0.1) is 12.6 Å². The van der Waals surface area contributed by atoms with Crippen molar-refractivity contribution in [1.82, 2.24) is 10.6 Å². The summed E-state index contributed by atoms with van der Waals surface area (Å²) < 4.78 is 0. The number of hydrogen-bond donors (Lipinski definition) is 2. The first-order valence-electron chi connectivity index (χ1n) is 15.2. The van der Waals surface area contributed by atoms with Gasteiger partial charge in [-0.2, -0.15) is 0 Å². The Balaban J connectivity index is 1.23. The minimum atomic E-state index is 0.120. The summed E-state index contributed by atoms with van der Waals surface area (Å²) in [5, 5.41) is 7.65. The summed E-state index contributed by atoms with van der Waals surface area (Å²) in [5.74, 6) is 2.93. The van der Waals surface area contributed by atoms with Crippen molar-refractivity contribution in [1.29, 1.82) is 0 Å². The van der Waals surface area contributed by atoms with Gasteiger partial charge in [-0.1, -0.05) is 78.9 Å². The van der Waals surface area contributed by atoms with Crippen molar-refractivity contribution in [3.8, 4) is 0 Å². The van der Waals surface area contributed by atoms with Crippen LogP contribution in [0.2, 0.25) is 0 Å². The summed E-state index contributed by atoms with van der Waals surface area (Å²) in [6, 6.07) is 9.17. The lowest BCUT2D eigenvalue weighted by molar-refractivity contribution is 0.401. The Morgan fingerprint density at radius 1 is 0.850 bits per heavy atom. The first-order chi connectivity index (χ1) is 19.8. The van der Waals surface area contributed by atoms with E-state index < -0.39 is 0 Å². The van der Waals surface area contributed by atoms with Crippen LogP contribution in [0, 0.1) is 5.92 Å². The molecule has 2 heterocycles. The van der Waals surface area contributed by atoms with Crippen molar-refractivity contribution < 1.29 is 0 Å². The van der Waals surface area contributed by atoms with Gasteiger partial charge in [-0.05, 0) is 85.1 Å². The molecular weight excluding hydrogens is 488 g/mol. The second-order valence-corrected chi connectivity index (χ2v) is 11.9. The molecule has 5 aliphatic carbocycles. The fourth-order valence-electron chi connectivity index (χ4n) is 7.63. The van der Waals surface area contributed by atoms with E-state index in [0.29, 0.717) is 11.8 Å². The number of benzene rings is 1. The van der Waals surface area contributed by atoms with E-state index in [1.54, 1.807) is 0 Å². The van der Waals surface area contributed by atoms with E-state index in [-0.39, 0.29) is 6.04 Å². The van der Waals surface area contributed by atoms with Crippen LogP contribution in [0.15, 0.2) is 122 Å². The average Bonchev–Trinajstić information content (AvgIpc) is 3.03. The molecule has 0 bridgehead atoms. The maximum absolute atomic E-state index is 5.61. The van der Waals surface area contributed by atoms with Crippen LogP contribution in [0.25, 0.3) is 6.08 Å². The number of aliphatic imine (C=N–C) groups is 2. The van der Waals surface area contributed by atoms with Crippen molar-refractivity contribution in [2.75, 3.05) is 6.54 Å². The van der Waals surface area contributed by atoms with E-state index >= 15 is 0 Å². The summed E-state index contributed by atoms with van der Waals surface area (Å²) in [6.07, 6.45) is 29.4. The molecule has 0 saturated carbocycles. The molecule has 3 unspecified atom stereocenters. The smallest absolute Gasteiger partial charge is 0.133 e. The number of nitrogens with zero attached hydrogens (tertiary/aromatic N) is 2. The van der Waals surface area contributed by atoms with Gasteiger partial charge >= 0.3 is 0 Å². The summed E-state index contributed by atoms with van der Waals surface area (Å²) >= 11 is 0. The van der Waals surface area contributed by atoms with E-state index in [2.05, 4.69) is 89.6 Å². The Labute approximate surface area is 237 Å². The van der Waals surface area contributed by atoms with Crippen LogP contribution >= 0.6 is 0 Å². The molecule has 8 rings (SSSR count). The molecule has 200 valence electrons. The maximum Gasteiger partial charge on any atom is 0.133 e. The lowest BCUT2D eigenvalue weighted by atomic mass is 9.65. The minimum Gasteiger partial charge on any atom is -0.343 e. The predicted molar refractivity (Wildman–Crippen MR) is 165 cm³/mol. The maximum atomic E-state index is 5.61. The third-order valence-corrected chi connectivity index (χ3v) is 9.58. The third kappa shape index (κ3) is 4.04. The average molecular weight is 525 g/mol. The van der Waals surface area contributed by atoms with Crippen LogP contribution in [-0.2, 0) is 0 Å². The van der Waals surface area contributed by atoms with Crippen molar-refractivity contribution >= 4 is 17.7 Å². The van der Waals surface area contributed by atoms with E-state index in [9.17, 15) is 0 Å². The van der Waals surface area contributed by atoms with Gasteiger partial charge in [0.25, 0.3) is 0 Å². The Morgan fingerprint density at radius 3 is 2.70 bits per heavy atom. The molecule has 0 saturated heterocycles. The van der Waals surface area contributed by atoms with Gasteiger partial charge in [-0.25, -0.2) is 0 Å². The van der Waals surface area contributed by atoms with Crippen LogP contribution in [0.5, 0.6) is 0 Å². The first kappa shape index (κ1) is 23.9. The summed E-state index contributed by atoms with van der Waals surface area (Å²) in [5.41, 5.74) is 12.3. The van der Waals surface area contributed by atoms with Crippen LogP contribution in [0.4, 0.5) is 0 Å². The monoisotopic (exact) mass is 524 g/mol. The lowest BCUT2D eigenvalue weighted by Gasteiger charge is -2.43. The highest BCUT2D eigenvalue weighted by molar-refractivity contribution is 6.04. The van der Waals surface area contributed by atoms with E-state index in [1.165, 1.54) is 56.8 Å². The molecule has 0 amide bonds. The van der Waals surface area contributed by atoms with E-state index in [0.717, 1.165) is 63.2 Å². The first-order valence-corrected chi connectivity index (χ1v) is 15.2. The number of amidine groups is 2. The van der Waals surface area contributed by atoms with Gasteiger partial charge < -0.3 is 10.6 Å². The highest BCUT2D eigenvalue weighted by Crippen LogP contribution is 2.50. The molecule has 0 spiro atoms. The van der Waals surface area contributed by atoms with Gasteiger partial charge in [-0.15, -0.1) is 0 Å². The number of hydrogen-bond acceptors (Lipinski definition) is 4. The fraction of sp³-hybridized carbons (Fsp3) is 0.333. The molecule has 7 aliphatic rings. The number of nitrogens with one attached hydrogen (secondary N) is 2. The molecular formula is C36H36N4. The molecule has 0 aromatic heterocycles. The van der Waals surface area contributed by atoms with Gasteiger partial charge in [0, 0.05) is 28.5 Å². The Bertz CT molecular complexity index is 1580. The van der Waals surface area contributed by atoms with Crippen molar-refractivity contribution in [2.45, 2.75) is 63.3 Å². The molecule has 4 nitrogen and oxygen atoms in total. The zero-order chi connectivity index (χ0) is 26.5. The van der Waals surface area contributed by atoms with E-state index in [1.807, 2.05) is 0 Å². The van der Waals surface area contributed by atoms with Crippen molar-refractivity contribution in [3.63, 3.8) is 0 Å². The summed E-state index contributed by atoms with van der Waals surface area (Å²) in [7, 11) is 0. The molecule has 40 heavy (non-hydrogen) atoms. The topological polar surface area (TPSA) is 48.8 Å². The normalized spacial score (nSPS) is 28.5. The van der Waals surface area contributed by atoms with Crippen LogP contribution in [0.1, 0.15) is 68.4 Å². The van der Waals surface area contributed by atoms with Crippen LogP contribution in [0.3, 0.4) is 0 Å². The Hall–Kier alpha value is -3.92. The quantitative estimate of drug-likeness (QED) is 0.434. The highest BCUT2D eigenvalue weighted by atomic mass is 15.1. The third-order valence-electron chi connectivity index (χ3n) is 9.58. The largest absolute Gasteiger partial charge is 0.343 e. The lowest BCUT2D eigenvalue weighted by Crippen LogP contribution is -2.43. The zero-order valence-corrected chi connectivity index (χ0v) is 23.0.